The lowest BCUT2D eigenvalue weighted by Crippen LogP contribution is -2.35. The van der Waals surface area contributed by atoms with Crippen LogP contribution in [0, 0.1) is 6.92 Å². The van der Waals surface area contributed by atoms with Crippen LogP contribution in [-0.4, -0.2) is 18.4 Å². The van der Waals surface area contributed by atoms with E-state index in [0.29, 0.717) is 17.7 Å². The quantitative estimate of drug-likeness (QED) is 0.557. The van der Waals surface area contributed by atoms with Crippen LogP contribution < -0.4 is 10.2 Å². The van der Waals surface area contributed by atoms with Crippen molar-refractivity contribution in [1.29, 1.82) is 0 Å². The molecule has 0 radical (unpaired) electrons. The topological polar surface area (TPSA) is 49.4 Å². The number of hydrogen-bond acceptors (Lipinski definition) is 2. The molecule has 0 fully saturated rings. The molecule has 0 saturated carbocycles. The Bertz CT molecular complexity index is 1170. The van der Waals surface area contributed by atoms with E-state index >= 15 is 0 Å². The number of nitrogens with zero attached hydrogens (tertiary/aromatic N) is 1. The minimum Gasteiger partial charge on any atom is -0.322 e. The summed E-state index contributed by atoms with van der Waals surface area (Å²) in [5.41, 5.74) is 3.16. The SMILES string of the molecule is Cc1cccc(C(=O)N2CCCc3cc(C(=O)Nc4ccc(C(F)(F)F)cc4)ccc32)c1. The summed E-state index contributed by atoms with van der Waals surface area (Å²) in [5.74, 6) is -0.508. The zero-order chi connectivity index (χ0) is 22.9. The first kappa shape index (κ1) is 21.6. The van der Waals surface area contributed by atoms with E-state index in [4.69, 9.17) is 0 Å². The maximum atomic E-state index is 13.0. The number of fused-ring (bicyclic) bond motifs is 1. The molecule has 1 heterocycles. The second-order valence-electron chi connectivity index (χ2n) is 7.80. The summed E-state index contributed by atoms with van der Waals surface area (Å²) >= 11 is 0. The summed E-state index contributed by atoms with van der Waals surface area (Å²) in [6.45, 7) is 2.53. The van der Waals surface area contributed by atoms with E-state index in [-0.39, 0.29) is 11.6 Å². The predicted molar refractivity (Wildman–Crippen MR) is 117 cm³/mol. The highest BCUT2D eigenvalue weighted by molar-refractivity contribution is 6.08. The monoisotopic (exact) mass is 438 g/mol. The van der Waals surface area contributed by atoms with Gasteiger partial charge >= 0.3 is 6.18 Å². The largest absolute Gasteiger partial charge is 0.416 e. The molecule has 0 saturated heterocycles. The van der Waals surface area contributed by atoms with Gasteiger partial charge in [-0.1, -0.05) is 17.7 Å². The summed E-state index contributed by atoms with van der Waals surface area (Å²) in [7, 11) is 0. The number of carbonyl (C=O) groups excluding carboxylic acids is 2. The van der Waals surface area contributed by atoms with Crippen LogP contribution in [0.1, 0.15) is 43.8 Å². The number of alkyl halides is 3. The van der Waals surface area contributed by atoms with E-state index in [0.717, 1.165) is 41.8 Å². The van der Waals surface area contributed by atoms with Gasteiger partial charge in [0, 0.05) is 29.0 Å². The Labute approximate surface area is 183 Å². The Kier molecular flexibility index (Phi) is 5.74. The Morgan fingerprint density at radius 2 is 1.69 bits per heavy atom. The minimum atomic E-state index is -4.43. The van der Waals surface area contributed by atoms with Gasteiger partial charge in [-0.2, -0.15) is 13.2 Å². The Hall–Kier alpha value is -3.61. The molecule has 7 heteroatoms. The molecule has 164 valence electrons. The van der Waals surface area contributed by atoms with Gasteiger partial charge in [0.05, 0.1) is 5.56 Å². The molecular formula is C25H21F3N2O2. The van der Waals surface area contributed by atoms with Crippen molar-refractivity contribution in [2.75, 3.05) is 16.8 Å². The zero-order valence-electron chi connectivity index (χ0n) is 17.4. The number of amides is 2. The molecule has 2 amide bonds. The molecule has 4 nitrogen and oxygen atoms in total. The van der Waals surface area contributed by atoms with Crippen LogP contribution in [0.5, 0.6) is 0 Å². The standard InChI is InChI=1S/C25H21F3N2O2/c1-16-4-2-5-19(14-16)24(32)30-13-3-6-17-15-18(7-12-22(17)30)23(31)29-21-10-8-20(9-11-21)25(26,27)28/h2,4-5,7-12,14-15H,3,6,13H2,1H3,(H,29,31). The van der Waals surface area contributed by atoms with Crippen molar-refractivity contribution in [3.63, 3.8) is 0 Å². The summed E-state index contributed by atoms with van der Waals surface area (Å²) in [5, 5.41) is 2.62. The fourth-order valence-electron chi connectivity index (χ4n) is 3.83. The van der Waals surface area contributed by atoms with Crippen molar-refractivity contribution in [1.82, 2.24) is 0 Å². The molecule has 0 spiro atoms. The Morgan fingerprint density at radius 3 is 2.38 bits per heavy atom. The molecule has 1 aliphatic heterocycles. The number of anilines is 2. The second-order valence-corrected chi connectivity index (χ2v) is 7.80. The maximum Gasteiger partial charge on any atom is 0.416 e. The summed E-state index contributed by atoms with van der Waals surface area (Å²) in [6, 6.07) is 16.8. The van der Waals surface area contributed by atoms with Crippen molar-refractivity contribution >= 4 is 23.2 Å². The third-order valence-corrected chi connectivity index (χ3v) is 5.44. The van der Waals surface area contributed by atoms with E-state index in [1.54, 1.807) is 29.2 Å². The molecule has 32 heavy (non-hydrogen) atoms. The van der Waals surface area contributed by atoms with Gasteiger partial charge < -0.3 is 10.2 Å². The number of hydrogen-bond donors (Lipinski definition) is 1. The number of benzene rings is 3. The van der Waals surface area contributed by atoms with Gasteiger partial charge in [-0.25, -0.2) is 0 Å². The van der Waals surface area contributed by atoms with Crippen LogP contribution >= 0.6 is 0 Å². The summed E-state index contributed by atoms with van der Waals surface area (Å²) < 4.78 is 38.1. The third-order valence-electron chi connectivity index (χ3n) is 5.44. The van der Waals surface area contributed by atoms with Gasteiger partial charge in [0.2, 0.25) is 0 Å². The molecule has 1 aliphatic rings. The average Bonchev–Trinajstić information content (AvgIpc) is 2.77. The van der Waals surface area contributed by atoms with Crippen LogP contribution in [0.2, 0.25) is 0 Å². The van der Waals surface area contributed by atoms with Crippen LogP contribution in [0.3, 0.4) is 0 Å². The predicted octanol–water partition coefficient (Wildman–Crippen LogP) is 5.86. The highest BCUT2D eigenvalue weighted by atomic mass is 19.4. The molecule has 0 aromatic heterocycles. The van der Waals surface area contributed by atoms with Gasteiger partial charge in [0.25, 0.3) is 11.8 Å². The first-order valence-corrected chi connectivity index (χ1v) is 10.2. The lowest BCUT2D eigenvalue weighted by Gasteiger charge is -2.30. The number of aryl methyl sites for hydroxylation is 2. The summed E-state index contributed by atoms with van der Waals surface area (Å²) in [6.07, 6.45) is -2.92. The van der Waals surface area contributed by atoms with E-state index in [9.17, 15) is 22.8 Å². The van der Waals surface area contributed by atoms with E-state index in [1.807, 2.05) is 25.1 Å². The Morgan fingerprint density at radius 1 is 0.938 bits per heavy atom. The van der Waals surface area contributed by atoms with Crippen molar-refractivity contribution in [2.24, 2.45) is 0 Å². The van der Waals surface area contributed by atoms with Gasteiger partial charge in [-0.3, -0.25) is 9.59 Å². The van der Waals surface area contributed by atoms with E-state index < -0.39 is 17.6 Å². The smallest absolute Gasteiger partial charge is 0.322 e. The highest BCUT2D eigenvalue weighted by Gasteiger charge is 2.30. The van der Waals surface area contributed by atoms with Crippen LogP contribution in [0.25, 0.3) is 0 Å². The maximum absolute atomic E-state index is 13.0. The molecule has 4 rings (SSSR count). The molecule has 0 aliphatic carbocycles. The number of carbonyl (C=O) groups is 2. The molecule has 1 N–H and O–H groups in total. The molecule has 0 atom stereocenters. The van der Waals surface area contributed by atoms with E-state index in [2.05, 4.69) is 5.32 Å². The highest BCUT2D eigenvalue weighted by Crippen LogP contribution is 2.31. The van der Waals surface area contributed by atoms with Crippen LogP contribution in [0.4, 0.5) is 24.5 Å². The van der Waals surface area contributed by atoms with Crippen molar-refractivity contribution in [3.8, 4) is 0 Å². The van der Waals surface area contributed by atoms with Crippen molar-refractivity contribution in [3.05, 3.63) is 94.5 Å². The van der Waals surface area contributed by atoms with Crippen molar-refractivity contribution in [2.45, 2.75) is 25.9 Å². The van der Waals surface area contributed by atoms with Gasteiger partial charge in [0.15, 0.2) is 0 Å². The normalized spacial score (nSPS) is 13.4. The Balaban J connectivity index is 1.53. The average molecular weight is 438 g/mol. The first-order chi connectivity index (χ1) is 15.2. The fraction of sp³-hybridized carbons (Fsp3) is 0.200. The van der Waals surface area contributed by atoms with Crippen molar-refractivity contribution < 1.29 is 22.8 Å². The number of halogens is 3. The van der Waals surface area contributed by atoms with Gasteiger partial charge in [0.1, 0.15) is 0 Å². The third kappa shape index (κ3) is 4.51. The van der Waals surface area contributed by atoms with Gasteiger partial charge in [-0.15, -0.1) is 0 Å². The first-order valence-electron chi connectivity index (χ1n) is 10.2. The second kappa shape index (κ2) is 8.49. The van der Waals surface area contributed by atoms with Gasteiger partial charge in [-0.05, 0) is 79.9 Å². The minimum absolute atomic E-state index is 0.0865. The van der Waals surface area contributed by atoms with Crippen LogP contribution in [0.15, 0.2) is 66.7 Å². The van der Waals surface area contributed by atoms with E-state index in [1.165, 1.54) is 12.1 Å². The number of rotatable bonds is 3. The molecular weight excluding hydrogens is 417 g/mol. The zero-order valence-corrected chi connectivity index (χ0v) is 17.4. The summed E-state index contributed by atoms with van der Waals surface area (Å²) in [4.78, 5) is 27.4. The fourth-order valence-corrected chi connectivity index (χ4v) is 3.83. The lowest BCUT2D eigenvalue weighted by atomic mass is 9.98. The molecule has 0 unspecified atom stereocenters. The lowest BCUT2D eigenvalue weighted by molar-refractivity contribution is -0.137. The molecule has 0 bridgehead atoms. The number of nitrogens with one attached hydrogen (secondary N) is 1. The molecule has 3 aromatic carbocycles. The molecule has 3 aromatic rings. The van der Waals surface area contributed by atoms with Crippen LogP contribution in [-0.2, 0) is 12.6 Å².